The van der Waals surface area contributed by atoms with Crippen molar-refractivity contribution in [1.82, 2.24) is 15.0 Å². The van der Waals surface area contributed by atoms with E-state index in [0.29, 0.717) is 36.8 Å². The highest BCUT2D eigenvalue weighted by Gasteiger charge is 2.29. The van der Waals surface area contributed by atoms with Gasteiger partial charge in [-0.2, -0.15) is 0 Å². The number of fused-ring (bicyclic) bond motifs is 1. The number of nitrogens with one attached hydrogen (secondary N) is 1. The quantitative estimate of drug-likeness (QED) is 0.673. The third kappa shape index (κ3) is 3.04. The van der Waals surface area contributed by atoms with Gasteiger partial charge in [0.2, 0.25) is 9.84 Å². The summed E-state index contributed by atoms with van der Waals surface area (Å²) in [6.07, 6.45) is 1.41. The standard InChI is InChI=1S/C18H21N5O4S/c1-11-9-23(7-8-27-11)18-15-14(20-10-21-18)16(17(19)22-15)28(24,25)13-5-3-12(26-2)4-6-13/h3-6,10-11,22H,7-9,19H2,1-2H3. The topological polar surface area (TPSA) is 123 Å². The van der Waals surface area contributed by atoms with Gasteiger partial charge in [0, 0.05) is 13.1 Å². The highest BCUT2D eigenvalue weighted by Crippen LogP contribution is 2.35. The summed E-state index contributed by atoms with van der Waals surface area (Å²) in [5, 5.41) is 0. The van der Waals surface area contributed by atoms with Crippen molar-refractivity contribution in [3.05, 3.63) is 30.6 Å². The third-order valence-electron chi connectivity index (χ3n) is 4.73. The molecule has 1 fully saturated rings. The van der Waals surface area contributed by atoms with Crippen LogP contribution in [0.15, 0.2) is 40.4 Å². The van der Waals surface area contributed by atoms with Crippen molar-refractivity contribution in [2.75, 3.05) is 37.4 Å². The predicted molar refractivity (Wildman–Crippen MR) is 104 cm³/mol. The minimum absolute atomic E-state index is 0.0360. The number of aromatic amines is 1. The number of hydrogen-bond acceptors (Lipinski definition) is 8. The Kier molecular flexibility index (Phi) is 4.60. The second-order valence-corrected chi connectivity index (χ2v) is 8.48. The average molecular weight is 403 g/mol. The molecule has 3 N–H and O–H groups in total. The first-order chi connectivity index (χ1) is 13.4. The van der Waals surface area contributed by atoms with Crippen molar-refractivity contribution in [1.29, 1.82) is 0 Å². The van der Waals surface area contributed by atoms with Crippen molar-refractivity contribution in [2.24, 2.45) is 0 Å². The van der Waals surface area contributed by atoms with Crippen LogP contribution in [0.25, 0.3) is 11.0 Å². The number of nitrogens with zero attached hydrogens (tertiary/aromatic N) is 3. The molecule has 2 aromatic heterocycles. The minimum Gasteiger partial charge on any atom is -0.497 e. The van der Waals surface area contributed by atoms with Crippen LogP contribution in [-0.2, 0) is 14.6 Å². The summed E-state index contributed by atoms with van der Waals surface area (Å²) >= 11 is 0. The first kappa shape index (κ1) is 18.5. The lowest BCUT2D eigenvalue weighted by Gasteiger charge is -2.32. The molecule has 1 aromatic carbocycles. The average Bonchev–Trinajstić information content (AvgIpc) is 3.04. The Hall–Kier alpha value is -2.85. The molecule has 1 aliphatic rings. The first-order valence-electron chi connectivity index (χ1n) is 8.79. The van der Waals surface area contributed by atoms with Gasteiger partial charge in [-0.3, -0.25) is 0 Å². The van der Waals surface area contributed by atoms with Crippen LogP contribution in [0.4, 0.5) is 11.6 Å². The second-order valence-electron chi connectivity index (χ2n) is 6.60. The van der Waals surface area contributed by atoms with Crippen LogP contribution in [0.5, 0.6) is 5.75 Å². The van der Waals surface area contributed by atoms with E-state index >= 15 is 0 Å². The van der Waals surface area contributed by atoms with E-state index in [0.717, 1.165) is 0 Å². The van der Waals surface area contributed by atoms with E-state index in [4.69, 9.17) is 15.2 Å². The summed E-state index contributed by atoms with van der Waals surface area (Å²) in [5.74, 6) is 1.22. The zero-order valence-corrected chi connectivity index (χ0v) is 16.4. The first-order valence-corrected chi connectivity index (χ1v) is 10.3. The second kappa shape index (κ2) is 6.95. The normalized spacial score (nSPS) is 17.8. The molecule has 148 valence electrons. The largest absolute Gasteiger partial charge is 0.497 e. The van der Waals surface area contributed by atoms with Crippen LogP contribution in [0.3, 0.4) is 0 Å². The van der Waals surface area contributed by atoms with Gasteiger partial charge < -0.3 is 25.1 Å². The van der Waals surface area contributed by atoms with Crippen molar-refractivity contribution >= 4 is 32.5 Å². The number of methoxy groups -OCH3 is 1. The van der Waals surface area contributed by atoms with E-state index in [-0.39, 0.29) is 27.2 Å². The maximum absolute atomic E-state index is 13.2. The number of nitrogen functional groups attached to an aromatic ring is 1. The highest BCUT2D eigenvalue weighted by atomic mass is 32.2. The van der Waals surface area contributed by atoms with Gasteiger partial charge in [0.1, 0.15) is 33.8 Å². The van der Waals surface area contributed by atoms with E-state index in [2.05, 4.69) is 15.0 Å². The summed E-state index contributed by atoms with van der Waals surface area (Å²) in [7, 11) is -2.36. The zero-order valence-electron chi connectivity index (χ0n) is 15.5. The number of nitrogens with two attached hydrogens (primary N) is 1. The fourth-order valence-corrected chi connectivity index (χ4v) is 4.86. The highest BCUT2D eigenvalue weighted by molar-refractivity contribution is 7.92. The van der Waals surface area contributed by atoms with Crippen molar-refractivity contribution in [3.63, 3.8) is 0 Å². The molecule has 3 heterocycles. The van der Waals surface area contributed by atoms with E-state index in [1.165, 1.54) is 25.6 Å². The van der Waals surface area contributed by atoms with Gasteiger partial charge in [-0.15, -0.1) is 0 Å². The molecule has 0 amide bonds. The molecule has 0 aliphatic carbocycles. The summed E-state index contributed by atoms with van der Waals surface area (Å²) < 4.78 is 37.1. The Morgan fingerprint density at radius 3 is 2.71 bits per heavy atom. The van der Waals surface area contributed by atoms with E-state index in [1.807, 2.05) is 11.8 Å². The predicted octanol–water partition coefficient (Wildman–Crippen LogP) is 1.61. The number of ether oxygens (including phenoxy) is 2. The smallest absolute Gasteiger partial charge is 0.212 e. The van der Waals surface area contributed by atoms with Gasteiger partial charge in [0.05, 0.1) is 24.7 Å². The lowest BCUT2D eigenvalue weighted by molar-refractivity contribution is 0.0530. The molecule has 1 atom stereocenters. The number of benzene rings is 1. The molecule has 4 rings (SSSR count). The number of rotatable bonds is 4. The Labute approximate surface area is 162 Å². The Balaban J connectivity index is 1.84. The van der Waals surface area contributed by atoms with E-state index in [9.17, 15) is 8.42 Å². The lowest BCUT2D eigenvalue weighted by atomic mass is 10.3. The molecule has 0 saturated carbocycles. The van der Waals surface area contributed by atoms with Gasteiger partial charge >= 0.3 is 0 Å². The monoisotopic (exact) mass is 403 g/mol. The van der Waals surface area contributed by atoms with Crippen LogP contribution >= 0.6 is 0 Å². The summed E-state index contributed by atoms with van der Waals surface area (Å²) in [6.45, 7) is 3.84. The van der Waals surface area contributed by atoms with Crippen molar-refractivity contribution in [3.8, 4) is 5.75 Å². The molecular formula is C18H21N5O4S. The molecule has 3 aromatic rings. The third-order valence-corrected chi connectivity index (χ3v) is 6.57. The molecule has 0 radical (unpaired) electrons. The van der Waals surface area contributed by atoms with Gasteiger partial charge in [0.15, 0.2) is 5.82 Å². The Bertz CT molecular complexity index is 1110. The molecule has 28 heavy (non-hydrogen) atoms. The SMILES string of the molecule is COc1ccc(S(=O)(=O)c2c(N)[nH]c3c(N4CCOC(C)C4)ncnc23)cc1. The fraction of sp³-hybridized carbons (Fsp3) is 0.333. The van der Waals surface area contributed by atoms with Crippen molar-refractivity contribution in [2.45, 2.75) is 22.8 Å². The van der Waals surface area contributed by atoms with Crippen molar-refractivity contribution < 1.29 is 17.9 Å². The molecule has 10 heteroatoms. The maximum Gasteiger partial charge on any atom is 0.212 e. The number of aromatic nitrogens is 3. The Morgan fingerprint density at radius 1 is 1.29 bits per heavy atom. The minimum atomic E-state index is -3.88. The molecule has 0 bridgehead atoms. The lowest BCUT2D eigenvalue weighted by Crippen LogP contribution is -2.41. The fourth-order valence-electron chi connectivity index (χ4n) is 3.38. The van der Waals surface area contributed by atoms with E-state index < -0.39 is 9.84 Å². The van der Waals surface area contributed by atoms with Gasteiger partial charge in [-0.25, -0.2) is 18.4 Å². The summed E-state index contributed by atoms with van der Waals surface area (Å²) in [4.78, 5) is 13.7. The number of sulfone groups is 1. The molecule has 1 aliphatic heterocycles. The molecule has 1 saturated heterocycles. The zero-order chi connectivity index (χ0) is 19.9. The molecule has 0 spiro atoms. The van der Waals surface area contributed by atoms with Gasteiger partial charge in [-0.1, -0.05) is 0 Å². The number of hydrogen-bond donors (Lipinski definition) is 2. The maximum atomic E-state index is 13.2. The van der Waals surface area contributed by atoms with Gasteiger partial charge in [0.25, 0.3) is 0 Å². The number of morpholine rings is 1. The molecule has 9 nitrogen and oxygen atoms in total. The van der Waals surface area contributed by atoms with Crippen LogP contribution in [0.2, 0.25) is 0 Å². The van der Waals surface area contributed by atoms with Gasteiger partial charge in [-0.05, 0) is 31.2 Å². The number of H-pyrrole nitrogens is 1. The Morgan fingerprint density at radius 2 is 2.04 bits per heavy atom. The summed E-state index contributed by atoms with van der Waals surface area (Å²) in [5.41, 5.74) is 6.86. The molecular weight excluding hydrogens is 382 g/mol. The van der Waals surface area contributed by atoms with Crippen LogP contribution in [0.1, 0.15) is 6.92 Å². The summed E-state index contributed by atoms with van der Waals surface area (Å²) in [6, 6.07) is 6.15. The van der Waals surface area contributed by atoms with Crippen LogP contribution in [-0.4, -0.2) is 56.3 Å². The number of anilines is 2. The van der Waals surface area contributed by atoms with E-state index in [1.54, 1.807) is 12.1 Å². The van der Waals surface area contributed by atoms with Crippen LogP contribution in [0, 0.1) is 0 Å². The molecule has 1 unspecified atom stereocenters. The van der Waals surface area contributed by atoms with Crippen LogP contribution < -0.4 is 15.4 Å².